The number of hydrogen-bond acceptors (Lipinski definition) is 3. The predicted octanol–water partition coefficient (Wildman–Crippen LogP) is 3.59. The fraction of sp³-hybridized carbons (Fsp3) is 0.316. The van der Waals surface area contributed by atoms with Gasteiger partial charge in [0.2, 0.25) is 0 Å². The highest BCUT2D eigenvalue weighted by Gasteiger charge is 2.19. The van der Waals surface area contributed by atoms with Crippen LogP contribution in [0.4, 0.5) is 0 Å². The van der Waals surface area contributed by atoms with Crippen LogP contribution in [0.2, 0.25) is 0 Å². The summed E-state index contributed by atoms with van der Waals surface area (Å²) in [5.41, 5.74) is 4.66. The molecule has 1 heterocycles. The summed E-state index contributed by atoms with van der Waals surface area (Å²) >= 11 is 0. The first-order valence-corrected chi connectivity index (χ1v) is 8.18. The van der Waals surface area contributed by atoms with Crippen molar-refractivity contribution in [2.24, 2.45) is 0 Å². The van der Waals surface area contributed by atoms with Crippen LogP contribution < -0.4 is 0 Å². The van der Waals surface area contributed by atoms with Gasteiger partial charge in [0.05, 0.1) is 11.6 Å². The van der Waals surface area contributed by atoms with Gasteiger partial charge in [0.25, 0.3) is 5.91 Å². The molecule has 24 heavy (non-hydrogen) atoms. The third-order valence-corrected chi connectivity index (χ3v) is 4.52. The number of aryl methyl sites for hydroxylation is 2. The van der Waals surface area contributed by atoms with Crippen molar-refractivity contribution >= 4 is 16.9 Å². The molecule has 0 bridgehead atoms. The van der Waals surface area contributed by atoms with Gasteiger partial charge in [0, 0.05) is 19.2 Å². The number of amides is 1. The summed E-state index contributed by atoms with van der Waals surface area (Å²) in [5, 5.41) is 8.24. The van der Waals surface area contributed by atoms with Crippen LogP contribution in [0.15, 0.2) is 42.5 Å². The Morgan fingerprint density at radius 1 is 1.21 bits per heavy atom. The number of hydrogen-bond donors (Lipinski definition) is 0. The van der Waals surface area contributed by atoms with Gasteiger partial charge in [-0.3, -0.25) is 4.79 Å². The Labute approximate surface area is 141 Å². The molecule has 5 heteroatoms. The lowest BCUT2D eigenvalue weighted by molar-refractivity contribution is 0.0743. The lowest BCUT2D eigenvalue weighted by atomic mass is 10.0. The lowest BCUT2D eigenvalue weighted by Gasteiger charge is -2.25. The standard InChI is InChI=1S/C19H22N4O/c1-5-23-18-11-10-16(12-17(18)20-21-23)19(24)22(4)14(3)15-8-6-13(2)7-9-15/h6-12,14H,5H2,1-4H3. The van der Waals surface area contributed by atoms with Gasteiger partial charge in [-0.15, -0.1) is 5.10 Å². The van der Waals surface area contributed by atoms with Crippen molar-refractivity contribution < 1.29 is 4.79 Å². The van der Waals surface area contributed by atoms with Crippen molar-refractivity contribution in [3.63, 3.8) is 0 Å². The average molecular weight is 322 g/mol. The quantitative estimate of drug-likeness (QED) is 0.737. The van der Waals surface area contributed by atoms with Gasteiger partial charge in [-0.05, 0) is 44.5 Å². The molecule has 0 aliphatic heterocycles. The minimum Gasteiger partial charge on any atom is -0.335 e. The van der Waals surface area contributed by atoms with Crippen molar-refractivity contribution in [3.05, 3.63) is 59.2 Å². The molecule has 124 valence electrons. The molecule has 0 radical (unpaired) electrons. The normalized spacial score (nSPS) is 12.3. The van der Waals surface area contributed by atoms with E-state index in [0.29, 0.717) is 5.56 Å². The van der Waals surface area contributed by atoms with E-state index in [0.717, 1.165) is 23.1 Å². The van der Waals surface area contributed by atoms with E-state index in [2.05, 4.69) is 41.5 Å². The third kappa shape index (κ3) is 2.89. The first-order valence-electron chi connectivity index (χ1n) is 8.18. The zero-order chi connectivity index (χ0) is 17.3. The van der Waals surface area contributed by atoms with Crippen LogP contribution in [0.3, 0.4) is 0 Å². The van der Waals surface area contributed by atoms with Crippen LogP contribution in [0, 0.1) is 6.92 Å². The number of rotatable bonds is 4. The SMILES string of the molecule is CCn1nnc2cc(C(=O)N(C)C(C)c3ccc(C)cc3)ccc21. The maximum atomic E-state index is 12.8. The van der Waals surface area contributed by atoms with E-state index in [1.54, 1.807) is 4.90 Å². The van der Waals surface area contributed by atoms with Gasteiger partial charge < -0.3 is 4.90 Å². The fourth-order valence-corrected chi connectivity index (χ4v) is 2.79. The fourth-order valence-electron chi connectivity index (χ4n) is 2.79. The van der Waals surface area contributed by atoms with Crippen LogP contribution >= 0.6 is 0 Å². The Morgan fingerprint density at radius 3 is 2.58 bits per heavy atom. The molecule has 1 aromatic heterocycles. The summed E-state index contributed by atoms with van der Waals surface area (Å²) < 4.78 is 1.82. The number of nitrogens with zero attached hydrogens (tertiary/aromatic N) is 4. The molecule has 1 atom stereocenters. The third-order valence-electron chi connectivity index (χ3n) is 4.52. The Morgan fingerprint density at radius 2 is 1.92 bits per heavy atom. The van der Waals surface area contributed by atoms with Gasteiger partial charge in [-0.1, -0.05) is 35.0 Å². The van der Waals surface area contributed by atoms with E-state index in [1.807, 2.05) is 43.8 Å². The zero-order valence-electron chi connectivity index (χ0n) is 14.5. The Kier molecular flexibility index (Phi) is 4.34. The van der Waals surface area contributed by atoms with Crippen LogP contribution in [0.1, 0.15) is 41.4 Å². The summed E-state index contributed by atoms with van der Waals surface area (Å²) in [6.45, 7) is 6.87. The van der Waals surface area contributed by atoms with E-state index < -0.39 is 0 Å². The van der Waals surface area contributed by atoms with Gasteiger partial charge in [0.1, 0.15) is 5.52 Å². The number of carbonyl (C=O) groups excluding carboxylic acids is 1. The second-order valence-electron chi connectivity index (χ2n) is 6.11. The minimum atomic E-state index is -0.0176. The zero-order valence-corrected chi connectivity index (χ0v) is 14.5. The molecule has 0 spiro atoms. The number of carbonyl (C=O) groups is 1. The highest BCUT2D eigenvalue weighted by Crippen LogP contribution is 2.22. The second kappa shape index (κ2) is 6.43. The highest BCUT2D eigenvalue weighted by molar-refractivity contribution is 5.97. The number of fused-ring (bicyclic) bond motifs is 1. The molecule has 3 rings (SSSR count). The molecule has 0 aliphatic rings. The van der Waals surface area contributed by atoms with Gasteiger partial charge in [-0.25, -0.2) is 4.68 Å². The second-order valence-corrected chi connectivity index (χ2v) is 6.11. The number of aromatic nitrogens is 3. The largest absolute Gasteiger partial charge is 0.335 e. The first-order chi connectivity index (χ1) is 11.5. The van der Waals surface area contributed by atoms with Crippen LogP contribution in [-0.4, -0.2) is 32.8 Å². The lowest BCUT2D eigenvalue weighted by Crippen LogP contribution is -2.29. The van der Waals surface area contributed by atoms with E-state index in [4.69, 9.17) is 0 Å². The molecule has 0 aliphatic carbocycles. The Hall–Kier alpha value is -2.69. The van der Waals surface area contributed by atoms with Crippen LogP contribution in [-0.2, 0) is 6.54 Å². The van der Waals surface area contributed by atoms with E-state index in [-0.39, 0.29) is 11.9 Å². The van der Waals surface area contributed by atoms with Gasteiger partial charge in [0.15, 0.2) is 0 Å². The van der Waals surface area contributed by atoms with Gasteiger partial charge >= 0.3 is 0 Å². The molecule has 1 unspecified atom stereocenters. The molecular formula is C19H22N4O. The molecule has 0 N–H and O–H groups in total. The van der Waals surface area contributed by atoms with Crippen molar-refractivity contribution in [1.82, 2.24) is 19.9 Å². The molecule has 5 nitrogen and oxygen atoms in total. The Balaban J connectivity index is 1.86. The van der Waals surface area contributed by atoms with E-state index >= 15 is 0 Å². The van der Waals surface area contributed by atoms with Crippen molar-refractivity contribution in [2.75, 3.05) is 7.05 Å². The highest BCUT2D eigenvalue weighted by atomic mass is 16.2. The summed E-state index contributed by atoms with van der Waals surface area (Å²) in [6, 6.07) is 13.8. The van der Waals surface area contributed by atoms with Crippen molar-refractivity contribution in [1.29, 1.82) is 0 Å². The topological polar surface area (TPSA) is 51.0 Å². The van der Waals surface area contributed by atoms with Crippen LogP contribution in [0.5, 0.6) is 0 Å². The monoisotopic (exact) mass is 322 g/mol. The maximum absolute atomic E-state index is 12.8. The Bertz CT molecular complexity index is 867. The maximum Gasteiger partial charge on any atom is 0.254 e. The summed E-state index contributed by atoms with van der Waals surface area (Å²) in [5.74, 6) is -0.0176. The smallest absolute Gasteiger partial charge is 0.254 e. The van der Waals surface area contributed by atoms with Crippen LogP contribution in [0.25, 0.3) is 11.0 Å². The molecule has 0 saturated heterocycles. The summed E-state index contributed by atoms with van der Waals surface area (Å²) in [6.07, 6.45) is 0. The molecular weight excluding hydrogens is 300 g/mol. The van der Waals surface area contributed by atoms with Gasteiger partial charge in [-0.2, -0.15) is 0 Å². The summed E-state index contributed by atoms with van der Waals surface area (Å²) in [7, 11) is 1.83. The molecule has 2 aromatic carbocycles. The van der Waals surface area contributed by atoms with E-state index in [9.17, 15) is 4.79 Å². The molecule has 0 fully saturated rings. The van der Waals surface area contributed by atoms with Crippen molar-refractivity contribution in [3.8, 4) is 0 Å². The predicted molar refractivity (Wildman–Crippen MR) is 94.9 cm³/mol. The molecule has 0 saturated carbocycles. The van der Waals surface area contributed by atoms with Crippen molar-refractivity contribution in [2.45, 2.75) is 33.4 Å². The molecule has 3 aromatic rings. The average Bonchev–Trinajstić information content (AvgIpc) is 3.02. The minimum absolute atomic E-state index is 0.000112. The summed E-state index contributed by atoms with van der Waals surface area (Å²) in [4.78, 5) is 14.6. The molecule has 1 amide bonds. The first kappa shape index (κ1) is 16.2. The van der Waals surface area contributed by atoms with E-state index in [1.165, 1.54) is 5.56 Å². The number of benzene rings is 2.